The highest BCUT2D eigenvalue weighted by molar-refractivity contribution is 6.31. The first-order valence-corrected chi connectivity index (χ1v) is 12.3. The van der Waals surface area contributed by atoms with Crippen molar-refractivity contribution in [3.05, 3.63) is 82.3 Å². The Balaban J connectivity index is 0.000000260. The maximum Gasteiger partial charge on any atom is 0.280 e. The number of halogens is 1. The fourth-order valence-electron chi connectivity index (χ4n) is 3.58. The third-order valence-electron chi connectivity index (χ3n) is 5.44. The van der Waals surface area contributed by atoms with Crippen molar-refractivity contribution < 1.29 is 9.90 Å². The SMILES string of the molecule is CCO.CNc1cc(Cl)cnc1C(=O)N1CCCc2cccnc21.Cc1ccc(C(C)(C)C)cc1. The van der Waals surface area contributed by atoms with Gasteiger partial charge in [-0.3, -0.25) is 9.69 Å². The third kappa shape index (κ3) is 8.05. The number of aliphatic hydroxyl groups is 1. The molecule has 0 atom stereocenters. The lowest BCUT2D eigenvalue weighted by molar-refractivity contribution is 0.0980. The van der Waals surface area contributed by atoms with E-state index in [-0.39, 0.29) is 17.9 Å². The minimum Gasteiger partial charge on any atom is -0.397 e. The van der Waals surface area contributed by atoms with Crippen LogP contribution in [0.5, 0.6) is 0 Å². The predicted octanol–water partition coefficient (Wildman–Crippen LogP) is 6.06. The Morgan fingerprint density at radius 2 is 1.83 bits per heavy atom. The molecule has 1 aliphatic rings. The zero-order valence-electron chi connectivity index (χ0n) is 21.6. The van der Waals surface area contributed by atoms with Crippen LogP contribution in [0.3, 0.4) is 0 Å². The van der Waals surface area contributed by atoms with Gasteiger partial charge in [-0.05, 0) is 55.4 Å². The molecule has 0 unspecified atom stereocenters. The minimum absolute atomic E-state index is 0.157. The Hall–Kier alpha value is -2.96. The van der Waals surface area contributed by atoms with Gasteiger partial charge >= 0.3 is 0 Å². The van der Waals surface area contributed by atoms with Crippen molar-refractivity contribution in [3.8, 4) is 0 Å². The van der Waals surface area contributed by atoms with Crippen LogP contribution in [0.25, 0.3) is 0 Å². The maximum atomic E-state index is 12.8. The van der Waals surface area contributed by atoms with E-state index in [1.54, 1.807) is 31.1 Å². The molecular formula is C28H37ClN4O2. The number of pyridine rings is 2. The lowest BCUT2D eigenvalue weighted by Crippen LogP contribution is -2.37. The minimum atomic E-state index is -0.157. The number of hydrogen-bond donors (Lipinski definition) is 2. The first kappa shape index (κ1) is 28.3. The number of fused-ring (bicyclic) bond motifs is 1. The van der Waals surface area contributed by atoms with E-state index in [2.05, 4.69) is 67.2 Å². The summed E-state index contributed by atoms with van der Waals surface area (Å²) in [5.41, 5.74) is 5.10. The van der Waals surface area contributed by atoms with Gasteiger partial charge in [-0.1, -0.05) is 68.3 Å². The van der Waals surface area contributed by atoms with Gasteiger partial charge in [0.25, 0.3) is 5.91 Å². The molecule has 3 heterocycles. The molecule has 2 aromatic heterocycles. The summed E-state index contributed by atoms with van der Waals surface area (Å²) in [5, 5.41) is 11.0. The summed E-state index contributed by atoms with van der Waals surface area (Å²) < 4.78 is 0. The first-order chi connectivity index (χ1) is 16.6. The van der Waals surface area contributed by atoms with E-state index in [0.717, 1.165) is 24.2 Å². The summed E-state index contributed by atoms with van der Waals surface area (Å²) in [4.78, 5) is 23.0. The smallest absolute Gasteiger partial charge is 0.280 e. The molecular weight excluding hydrogens is 460 g/mol. The van der Waals surface area contributed by atoms with E-state index < -0.39 is 0 Å². The van der Waals surface area contributed by atoms with Gasteiger partial charge in [0.2, 0.25) is 0 Å². The van der Waals surface area contributed by atoms with Gasteiger partial charge < -0.3 is 10.4 Å². The topological polar surface area (TPSA) is 78.3 Å². The number of anilines is 2. The molecule has 0 spiro atoms. The largest absolute Gasteiger partial charge is 0.397 e. The molecule has 0 radical (unpaired) electrons. The average Bonchev–Trinajstić information content (AvgIpc) is 2.84. The molecule has 35 heavy (non-hydrogen) atoms. The highest BCUT2D eigenvalue weighted by Gasteiger charge is 2.27. The number of amides is 1. The number of benzene rings is 1. The van der Waals surface area contributed by atoms with Crippen LogP contribution in [0.15, 0.2) is 54.9 Å². The summed E-state index contributed by atoms with van der Waals surface area (Å²) in [6, 6.07) is 14.3. The standard InChI is InChI=1S/C15H15ClN4O.C11H16.C2H6O/c1-17-12-8-11(16)9-19-13(12)15(21)20-7-3-5-10-4-2-6-18-14(10)20;1-9-5-7-10(8-6-9)11(2,3)4;1-2-3/h2,4,6,8-9,17H,3,5,7H2,1H3;5-8H,1-4H3;3H,2H2,1H3. The Bertz CT molecular complexity index is 1090. The number of carbonyl (C=O) groups excluding carboxylic acids is 1. The second-order valence-corrected chi connectivity index (χ2v) is 9.71. The zero-order chi connectivity index (χ0) is 26.0. The van der Waals surface area contributed by atoms with Crippen LogP contribution >= 0.6 is 11.6 Å². The number of hydrogen-bond acceptors (Lipinski definition) is 5. The van der Waals surface area contributed by atoms with Crippen LogP contribution in [-0.2, 0) is 11.8 Å². The van der Waals surface area contributed by atoms with Crippen molar-refractivity contribution in [3.63, 3.8) is 0 Å². The van der Waals surface area contributed by atoms with Crippen LogP contribution in [0, 0.1) is 6.92 Å². The lowest BCUT2D eigenvalue weighted by atomic mass is 9.87. The van der Waals surface area contributed by atoms with E-state index in [1.807, 2.05) is 12.1 Å². The van der Waals surface area contributed by atoms with Gasteiger partial charge in [0, 0.05) is 32.6 Å². The predicted molar refractivity (Wildman–Crippen MR) is 146 cm³/mol. The molecule has 7 heteroatoms. The Morgan fingerprint density at radius 1 is 1.17 bits per heavy atom. The van der Waals surface area contributed by atoms with Crippen molar-refractivity contribution in [2.75, 3.05) is 30.4 Å². The van der Waals surface area contributed by atoms with E-state index in [1.165, 1.54) is 17.3 Å². The van der Waals surface area contributed by atoms with Crippen LogP contribution in [0.1, 0.15) is 61.3 Å². The average molecular weight is 497 g/mol. The number of aryl methyl sites for hydroxylation is 2. The van der Waals surface area contributed by atoms with E-state index in [4.69, 9.17) is 16.7 Å². The molecule has 0 bridgehead atoms. The van der Waals surface area contributed by atoms with Gasteiger partial charge in [0.05, 0.1) is 10.7 Å². The summed E-state index contributed by atoms with van der Waals surface area (Å²) in [6.45, 7) is 11.4. The molecule has 0 saturated carbocycles. The molecule has 0 saturated heterocycles. The van der Waals surface area contributed by atoms with Gasteiger partial charge in [-0.2, -0.15) is 0 Å². The first-order valence-electron chi connectivity index (χ1n) is 11.9. The van der Waals surface area contributed by atoms with Crippen LogP contribution in [0.2, 0.25) is 5.02 Å². The number of aliphatic hydroxyl groups excluding tert-OH is 1. The monoisotopic (exact) mass is 496 g/mol. The molecule has 3 aromatic rings. The van der Waals surface area contributed by atoms with Crippen LogP contribution < -0.4 is 10.2 Å². The van der Waals surface area contributed by atoms with Crippen LogP contribution in [-0.4, -0.2) is 41.2 Å². The van der Waals surface area contributed by atoms with Gasteiger partial charge in [-0.15, -0.1) is 0 Å². The van der Waals surface area contributed by atoms with Crippen LogP contribution in [0.4, 0.5) is 11.5 Å². The van der Waals surface area contributed by atoms with Crippen molar-refractivity contribution >= 4 is 29.0 Å². The molecule has 1 aliphatic heterocycles. The quantitative estimate of drug-likeness (QED) is 0.451. The number of aromatic nitrogens is 2. The molecule has 1 aromatic carbocycles. The maximum absolute atomic E-state index is 12.8. The van der Waals surface area contributed by atoms with Crippen molar-refractivity contribution in [2.45, 2.75) is 52.9 Å². The van der Waals surface area contributed by atoms with Crippen molar-refractivity contribution in [1.29, 1.82) is 0 Å². The summed E-state index contributed by atoms with van der Waals surface area (Å²) in [5.74, 6) is 0.572. The molecule has 6 nitrogen and oxygen atoms in total. The molecule has 188 valence electrons. The van der Waals surface area contributed by atoms with Gasteiger partial charge in [0.15, 0.2) is 5.69 Å². The Labute approximate surface area is 214 Å². The van der Waals surface area contributed by atoms with Gasteiger partial charge in [0.1, 0.15) is 5.82 Å². The fourth-order valence-corrected chi connectivity index (χ4v) is 3.74. The fraction of sp³-hybridized carbons (Fsp3) is 0.393. The lowest BCUT2D eigenvalue weighted by Gasteiger charge is -2.28. The van der Waals surface area contributed by atoms with Crippen molar-refractivity contribution in [1.82, 2.24) is 9.97 Å². The molecule has 2 N–H and O–H groups in total. The Morgan fingerprint density at radius 3 is 2.43 bits per heavy atom. The zero-order valence-corrected chi connectivity index (χ0v) is 22.4. The Kier molecular flexibility index (Phi) is 10.7. The number of rotatable bonds is 2. The van der Waals surface area contributed by atoms with E-state index in [9.17, 15) is 4.79 Å². The number of nitrogens with one attached hydrogen (secondary N) is 1. The molecule has 4 rings (SSSR count). The molecule has 0 fully saturated rings. The number of carbonyl (C=O) groups is 1. The second-order valence-electron chi connectivity index (χ2n) is 9.28. The second kappa shape index (κ2) is 13.2. The third-order valence-corrected chi connectivity index (χ3v) is 5.65. The van der Waals surface area contributed by atoms with E-state index >= 15 is 0 Å². The number of nitrogens with zero attached hydrogens (tertiary/aromatic N) is 3. The summed E-state index contributed by atoms with van der Waals surface area (Å²) in [7, 11) is 1.74. The van der Waals surface area contributed by atoms with E-state index in [0.29, 0.717) is 22.9 Å². The normalized spacial score (nSPS) is 12.4. The summed E-state index contributed by atoms with van der Waals surface area (Å²) >= 11 is 5.93. The van der Waals surface area contributed by atoms with Crippen molar-refractivity contribution in [2.24, 2.45) is 0 Å². The van der Waals surface area contributed by atoms with Gasteiger partial charge in [-0.25, -0.2) is 9.97 Å². The summed E-state index contributed by atoms with van der Waals surface area (Å²) in [6.07, 6.45) is 5.06. The highest BCUT2D eigenvalue weighted by Crippen LogP contribution is 2.27. The highest BCUT2D eigenvalue weighted by atomic mass is 35.5. The molecule has 0 aliphatic carbocycles. The molecule has 1 amide bonds.